The summed E-state index contributed by atoms with van der Waals surface area (Å²) < 4.78 is 16.2. The number of esters is 1. The van der Waals surface area contributed by atoms with E-state index in [4.69, 9.17) is 38.0 Å². The molecule has 0 saturated carbocycles. The minimum Gasteiger partial charge on any atom is -0.490 e. The molecule has 0 spiro atoms. The number of hydrogen-bond donors (Lipinski definition) is 2. The van der Waals surface area contributed by atoms with E-state index in [1.165, 1.54) is 6.92 Å². The van der Waals surface area contributed by atoms with Crippen LogP contribution in [0.25, 0.3) is 5.70 Å². The predicted molar refractivity (Wildman–Crippen MR) is 130 cm³/mol. The number of halogens is 1. The van der Waals surface area contributed by atoms with Crippen LogP contribution in [0.15, 0.2) is 48.0 Å². The van der Waals surface area contributed by atoms with Crippen molar-refractivity contribution in [3.05, 3.63) is 64.2 Å². The van der Waals surface area contributed by atoms with Crippen molar-refractivity contribution in [3.63, 3.8) is 0 Å². The first-order valence-corrected chi connectivity index (χ1v) is 11.3. The van der Waals surface area contributed by atoms with E-state index in [-0.39, 0.29) is 29.8 Å². The molecule has 33 heavy (non-hydrogen) atoms. The van der Waals surface area contributed by atoms with Gasteiger partial charge in [0.15, 0.2) is 29.0 Å². The van der Waals surface area contributed by atoms with Crippen LogP contribution in [0.1, 0.15) is 37.9 Å². The molecular weight excluding hydrogens is 464 g/mol. The number of rotatable bonds is 9. The molecule has 2 aromatic rings. The Morgan fingerprint density at radius 3 is 2.45 bits per heavy atom. The third-order valence-corrected chi connectivity index (χ3v) is 5.32. The van der Waals surface area contributed by atoms with E-state index < -0.39 is 12.0 Å². The molecule has 2 aromatic carbocycles. The number of carbonyl (C=O) groups excluding carboxylic acids is 2. The van der Waals surface area contributed by atoms with Gasteiger partial charge in [0.2, 0.25) is 0 Å². The van der Waals surface area contributed by atoms with E-state index in [0.29, 0.717) is 34.3 Å². The van der Waals surface area contributed by atoms with Crippen LogP contribution in [0.5, 0.6) is 11.5 Å². The number of hydrogen-bond acceptors (Lipinski definition) is 6. The highest BCUT2D eigenvalue weighted by Crippen LogP contribution is 2.41. The van der Waals surface area contributed by atoms with Crippen molar-refractivity contribution in [2.24, 2.45) is 0 Å². The average molecular weight is 489 g/mol. The first-order chi connectivity index (χ1) is 15.8. The van der Waals surface area contributed by atoms with Crippen LogP contribution in [-0.2, 0) is 14.3 Å². The van der Waals surface area contributed by atoms with Gasteiger partial charge in [-0.25, -0.2) is 4.79 Å². The van der Waals surface area contributed by atoms with Gasteiger partial charge in [-0.3, -0.25) is 4.79 Å². The molecule has 0 amide bonds. The Hall–Kier alpha value is -3.10. The van der Waals surface area contributed by atoms with Crippen molar-refractivity contribution < 1.29 is 23.8 Å². The fraction of sp³-hybridized carbons (Fsp3) is 0.292. The largest absolute Gasteiger partial charge is 0.490 e. The number of Topliss-reactive ketones (excluding diaryl/α,β-unsaturated/α-hetero) is 1. The minimum absolute atomic E-state index is 0.127. The molecule has 0 unspecified atom stereocenters. The third-order valence-electron chi connectivity index (χ3n) is 4.82. The molecule has 1 atom stereocenters. The summed E-state index contributed by atoms with van der Waals surface area (Å²) in [5.41, 5.74) is 2.64. The molecule has 0 bridgehead atoms. The van der Waals surface area contributed by atoms with Crippen LogP contribution in [0.4, 0.5) is 0 Å². The molecule has 1 aliphatic rings. The highest BCUT2D eigenvalue weighted by Gasteiger charge is 2.31. The molecule has 0 aliphatic carbocycles. The van der Waals surface area contributed by atoms with Crippen molar-refractivity contribution in [2.45, 2.75) is 26.8 Å². The number of nitrogens with one attached hydrogen (secondary N) is 2. The summed E-state index contributed by atoms with van der Waals surface area (Å²) in [6, 6.07) is 12.3. The Labute approximate surface area is 203 Å². The van der Waals surface area contributed by atoms with Gasteiger partial charge in [0.25, 0.3) is 0 Å². The molecule has 174 valence electrons. The number of ether oxygens (including phenoxy) is 3. The zero-order valence-corrected chi connectivity index (χ0v) is 20.1. The molecule has 0 radical (unpaired) electrons. The lowest BCUT2D eigenvalue weighted by atomic mass is 9.90. The Balaban J connectivity index is 2.07. The average Bonchev–Trinajstić information content (AvgIpc) is 2.78. The number of carbonyl (C=O) groups is 2. The summed E-state index contributed by atoms with van der Waals surface area (Å²) in [5.74, 6) is -0.0685. The van der Waals surface area contributed by atoms with E-state index >= 15 is 0 Å². The summed E-state index contributed by atoms with van der Waals surface area (Å²) in [4.78, 5) is 24.5. The smallest absolute Gasteiger partial charge is 0.344 e. The van der Waals surface area contributed by atoms with Crippen LogP contribution >= 0.6 is 23.8 Å². The summed E-state index contributed by atoms with van der Waals surface area (Å²) in [7, 11) is 0. The van der Waals surface area contributed by atoms with Gasteiger partial charge >= 0.3 is 5.97 Å². The van der Waals surface area contributed by atoms with Crippen molar-refractivity contribution in [1.82, 2.24) is 10.6 Å². The van der Waals surface area contributed by atoms with E-state index in [9.17, 15) is 9.59 Å². The number of benzene rings is 2. The fourth-order valence-corrected chi connectivity index (χ4v) is 4.01. The zero-order valence-electron chi connectivity index (χ0n) is 18.6. The van der Waals surface area contributed by atoms with Crippen LogP contribution in [0.3, 0.4) is 0 Å². The SMILES string of the molecule is CCOC(=O)COc1c(Cl)cc([C@H]2NC(=S)NC(c3ccccc3)=C2C(C)=O)cc1OCC. The molecule has 0 aromatic heterocycles. The molecular formula is C24H25ClN2O5S. The Morgan fingerprint density at radius 1 is 1.09 bits per heavy atom. The maximum Gasteiger partial charge on any atom is 0.344 e. The first-order valence-electron chi connectivity index (χ1n) is 10.5. The predicted octanol–water partition coefficient (Wildman–Crippen LogP) is 4.20. The highest BCUT2D eigenvalue weighted by atomic mass is 35.5. The molecule has 3 rings (SSSR count). The van der Waals surface area contributed by atoms with Crippen LogP contribution in [0, 0.1) is 0 Å². The second-order valence-electron chi connectivity index (χ2n) is 7.10. The highest BCUT2D eigenvalue weighted by molar-refractivity contribution is 7.80. The van der Waals surface area contributed by atoms with E-state index in [2.05, 4.69) is 10.6 Å². The molecule has 1 heterocycles. The standard InChI is InChI=1S/C24H25ClN2O5S/c1-4-30-18-12-16(11-17(25)23(18)32-13-19(29)31-5-2)22-20(14(3)28)21(26-24(33)27-22)15-9-7-6-8-10-15/h6-12,22H,4-5,13H2,1-3H3,(H2,26,27,33)/t22-/m1/s1. The molecule has 0 fully saturated rings. The Bertz CT molecular complexity index is 1090. The van der Waals surface area contributed by atoms with Crippen molar-refractivity contribution in [2.75, 3.05) is 19.8 Å². The van der Waals surface area contributed by atoms with Crippen molar-refractivity contribution in [1.29, 1.82) is 0 Å². The molecule has 9 heteroatoms. The van der Waals surface area contributed by atoms with E-state index in [1.807, 2.05) is 37.3 Å². The molecule has 2 N–H and O–H groups in total. The first kappa shape index (κ1) is 24.5. The Kier molecular flexibility index (Phi) is 8.30. The Morgan fingerprint density at radius 2 is 1.82 bits per heavy atom. The summed E-state index contributed by atoms with van der Waals surface area (Å²) in [6.45, 7) is 5.33. The van der Waals surface area contributed by atoms with Crippen LogP contribution < -0.4 is 20.1 Å². The third kappa shape index (κ3) is 5.83. The summed E-state index contributed by atoms with van der Waals surface area (Å²) in [6.07, 6.45) is 0. The zero-order chi connectivity index (χ0) is 24.0. The molecule has 0 saturated heterocycles. The molecule has 7 nitrogen and oxygen atoms in total. The van der Waals surface area contributed by atoms with Gasteiger partial charge in [0, 0.05) is 5.57 Å². The van der Waals surface area contributed by atoms with Gasteiger partial charge in [-0.1, -0.05) is 41.9 Å². The molecule has 1 aliphatic heterocycles. The maximum atomic E-state index is 12.8. The monoisotopic (exact) mass is 488 g/mol. The van der Waals surface area contributed by atoms with Crippen molar-refractivity contribution in [3.8, 4) is 11.5 Å². The fourth-order valence-electron chi connectivity index (χ4n) is 3.52. The lowest BCUT2D eigenvalue weighted by Crippen LogP contribution is -2.44. The van der Waals surface area contributed by atoms with Gasteiger partial charge in [-0.15, -0.1) is 0 Å². The van der Waals surface area contributed by atoms with E-state index in [1.54, 1.807) is 19.1 Å². The topological polar surface area (TPSA) is 85.9 Å². The van der Waals surface area contributed by atoms with E-state index in [0.717, 1.165) is 5.56 Å². The minimum atomic E-state index is -0.567. The van der Waals surface area contributed by atoms with Crippen molar-refractivity contribution >= 4 is 46.4 Å². The second kappa shape index (κ2) is 11.2. The van der Waals surface area contributed by atoms with Gasteiger partial charge < -0.3 is 24.8 Å². The lowest BCUT2D eigenvalue weighted by Gasteiger charge is -2.31. The quantitative estimate of drug-likeness (QED) is 0.401. The second-order valence-corrected chi connectivity index (χ2v) is 7.91. The number of ketones is 1. The lowest BCUT2D eigenvalue weighted by molar-refractivity contribution is -0.145. The van der Waals surface area contributed by atoms with Gasteiger partial charge in [-0.05, 0) is 56.2 Å². The van der Waals surface area contributed by atoms with Gasteiger partial charge in [0.1, 0.15) is 0 Å². The maximum absolute atomic E-state index is 12.8. The summed E-state index contributed by atoms with van der Waals surface area (Å²) >= 11 is 12.0. The normalized spacial score (nSPS) is 15.4. The number of thiocarbonyl (C=S) groups is 1. The summed E-state index contributed by atoms with van der Waals surface area (Å²) in [5, 5.41) is 6.88. The van der Waals surface area contributed by atoms with Crippen LogP contribution in [-0.4, -0.2) is 36.7 Å². The van der Waals surface area contributed by atoms with Gasteiger partial charge in [-0.2, -0.15) is 0 Å². The van der Waals surface area contributed by atoms with Crippen LogP contribution in [0.2, 0.25) is 5.02 Å². The van der Waals surface area contributed by atoms with Gasteiger partial charge in [0.05, 0.1) is 30.0 Å².